The van der Waals surface area contributed by atoms with Crippen molar-refractivity contribution < 1.29 is 4.79 Å². The van der Waals surface area contributed by atoms with E-state index in [9.17, 15) is 4.79 Å². The fraction of sp³-hybridized carbons (Fsp3) is 0.478. The molecule has 3 aromatic rings. The smallest absolute Gasteiger partial charge is 0.274 e. The van der Waals surface area contributed by atoms with Gasteiger partial charge in [0.15, 0.2) is 10.7 Å². The van der Waals surface area contributed by atoms with Crippen LogP contribution in [0.15, 0.2) is 41.9 Å². The van der Waals surface area contributed by atoms with E-state index in [0.29, 0.717) is 24.8 Å². The Morgan fingerprint density at radius 3 is 2.93 bits per heavy atom. The molecule has 1 aliphatic heterocycles. The molecule has 1 aliphatic rings. The molecule has 4 rings (SSSR count). The van der Waals surface area contributed by atoms with Crippen molar-refractivity contribution in [3.8, 4) is 0 Å². The summed E-state index contributed by atoms with van der Waals surface area (Å²) in [6.07, 6.45) is 6.68. The minimum absolute atomic E-state index is 0.00610. The molecule has 30 heavy (non-hydrogen) atoms. The summed E-state index contributed by atoms with van der Waals surface area (Å²) in [5.41, 5.74) is 2.77. The van der Waals surface area contributed by atoms with E-state index in [0.717, 1.165) is 23.6 Å². The Morgan fingerprint density at radius 2 is 2.13 bits per heavy atom. The lowest BCUT2D eigenvalue weighted by molar-refractivity contribution is 0.0790. The van der Waals surface area contributed by atoms with Crippen molar-refractivity contribution in [1.82, 2.24) is 24.5 Å². The molecule has 0 aliphatic carbocycles. The molecule has 3 heterocycles. The summed E-state index contributed by atoms with van der Waals surface area (Å²) >= 11 is 1.57. The van der Waals surface area contributed by atoms with Crippen LogP contribution >= 0.6 is 11.3 Å². The molecule has 2 aromatic heterocycles. The van der Waals surface area contributed by atoms with E-state index in [2.05, 4.69) is 38.8 Å². The van der Waals surface area contributed by atoms with Gasteiger partial charge in [0.25, 0.3) is 5.91 Å². The van der Waals surface area contributed by atoms with E-state index < -0.39 is 0 Å². The number of nitrogens with one attached hydrogen (secondary N) is 1. The predicted octanol–water partition coefficient (Wildman–Crippen LogP) is 3.28. The minimum Gasteiger partial charge on any atom is -0.340 e. The number of hydrogen-bond donors (Lipinski definition) is 1. The summed E-state index contributed by atoms with van der Waals surface area (Å²) in [5, 5.41) is 5.62. The van der Waals surface area contributed by atoms with Gasteiger partial charge in [-0.05, 0) is 38.4 Å². The normalized spacial score (nSPS) is 17.5. The number of aromatic nitrogens is 2. The first-order valence-electron chi connectivity index (χ1n) is 10.8. The number of benzene rings is 1. The number of imidazole rings is 1. The topological polar surface area (TPSA) is 52.9 Å². The van der Waals surface area contributed by atoms with Gasteiger partial charge in [0.05, 0.1) is 5.69 Å². The number of carbonyl (C=O) groups is 1. The predicted molar refractivity (Wildman–Crippen MR) is 122 cm³/mol. The molecule has 0 bridgehead atoms. The highest BCUT2D eigenvalue weighted by atomic mass is 32.1. The van der Waals surface area contributed by atoms with Gasteiger partial charge >= 0.3 is 0 Å². The molecule has 6 nitrogen and oxygen atoms in total. The van der Waals surface area contributed by atoms with Gasteiger partial charge in [-0.1, -0.05) is 36.8 Å². The average Bonchev–Trinajstić information content (AvgIpc) is 3.36. The van der Waals surface area contributed by atoms with Crippen LogP contribution in [0.25, 0.3) is 4.96 Å². The molecule has 1 N–H and O–H groups in total. The summed E-state index contributed by atoms with van der Waals surface area (Å²) in [6.45, 7) is 3.43. The van der Waals surface area contributed by atoms with Gasteiger partial charge in [-0.2, -0.15) is 0 Å². The molecule has 0 spiro atoms. The number of likely N-dealkylation sites (N-methyl/N-ethyl adjacent to an activating group) is 2. The zero-order chi connectivity index (χ0) is 20.9. The van der Waals surface area contributed by atoms with E-state index in [4.69, 9.17) is 0 Å². The Balaban J connectivity index is 1.42. The summed E-state index contributed by atoms with van der Waals surface area (Å²) in [5.74, 6) is -0.00610. The fourth-order valence-corrected chi connectivity index (χ4v) is 4.89. The van der Waals surface area contributed by atoms with Crippen LogP contribution in [0.2, 0.25) is 0 Å². The van der Waals surface area contributed by atoms with Crippen molar-refractivity contribution >= 4 is 22.2 Å². The maximum absolute atomic E-state index is 13.2. The number of nitrogens with zero attached hydrogens (tertiary/aromatic N) is 4. The van der Waals surface area contributed by atoms with Crippen LogP contribution in [0, 0.1) is 0 Å². The zero-order valence-corrected chi connectivity index (χ0v) is 18.7. The third-order valence-corrected chi connectivity index (χ3v) is 6.84. The lowest BCUT2D eigenvalue weighted by Crippen LogP contribution is -2.43. The highest BCUT2D eigenvalue weighted by Gasteiger charge is 2.23. The number of thiazole rings is 1. The van der Waals surface area contributed by atoms with Crippen LogP contribution < -0.4 is 5.32 Å². The third kappa shape index (κ3) is 4.74. The van der Waals surface area contributed by atoms with Gasteiger partial charge in [-0.3, -0.25) is 9.20 Å². The second-order valence-electron chi connectivity index (χ2n) is 8.19. The van der Waals surface area contributed by atoms with E-state index in [1.54, 1.807) is 16.2 Å². The SMILES string of the molecule is CN(CCc1ccccc1)C(=O)c1nc2sccn2c1CNCC1CCCCN1C. The molecular formula is C23H31N5OS. The van der Waals surface area contributed by atoms with Crippen LogP contribution in [0.1, 0.15) is 41.0 Å². The largest absolute Gasteiger partial charge is 0.340 e. The van der Waals surface area contributed by atoms with Gasteiger partial charge in [0.2, 0.25) is 0 Å². The van der Waals surface area contributed by atoms with Crippen molar-refractivity contribution in [2.45, 2.75) is 38.3 Å². The summed E-state index contributed by atoms with van der Waals surface area (Å²) in [7, 11) is 4.07. The molecule has 1 unspecified atom stereocenters. The number of piperidine rings is 1. The summed E-state index contributed by atoms with van der Waals surface area (Å²) in [6, 6.07) is 10.9. The van der Waals surface area contributed by atoms with Gasteiger partial charge in [-0.25, -0.2) is 4.98 Å². The maximum Gasteiger partial charge on any atom is 0.274 e. The van der Waals surface area contributed by atoms with E-state index in [-0.39, 0.29) is 5.91 Å². The number of carbonyl (C=O) groups excluding carboxylic acids is 1. The first-order chi connectivity index (χ1) is 14.6. The van der Waals surface area contributed by atoms with Gasteiger partial charge < -0.3 is 15.1 Å². The highest BCUT2D eigenvalue weighted by Crippen LogP contribution is 2.20. The Hall–Kier alpha value is -2.22. The standard InChI is InChI=1S/C23H31N5OS/c1-26-12-7-6-10-19(26)16-24-17-20-21(25-23-28(20)14-15-30-23)22(29)27(2)13-11-18-8-4-3-5-9-18/h3-5,8-9,14-15,19,24H,6-7,10-13,16-17H2,1-2H3. The molecule has 1 fully saturated rings. The number of fused-ring (bicyclic) bond motifs is 1. The Morgan fingerprint density at radius 1 is 1.30 bits per heavy atom. The Kier molecular flexibility index (Phi) is 6.82. The van der Waals surface area contributed by atoms with E-state index in [1.807, 2.05) is 36.8 Å². The quantitative estimate of drug-likeness (QED) is 0.602. The van der Waals surface area contributed by atoms with Gasteiger partial charge in [0.1, 0.15) is 0 Å². The van der Waals surface area contributed by atoms with Crippen LogP contribution in [0.4, 0.5) is 0 Å². The summed E-state index contributed by atoms with van der Waals surface area (Å²) in [4.78, 5) is 23.0. The van der Waals surface area contributed by atoms with Crippen molar-refractivity contribution in [1.29, 1.82) is 0 Å². The lowest BCUT2D eigenvalue weighted by atomic mass is 10.0. The monoisotopic (exact) mass is 425 g/mol. The van der Waals surface area contributed by atoms with E-state index >= 15 is 0 Å². The van der Waals surface area contributed by atoms with Gasteiger partial charge in [-0.15, -0.1) is 11.3 Å². The molecule has 160 valence electrons. The molecule has 1 amide bonds. The molecule has 0 radical (unpaired) electrons. The number of amides is 1. The van der Waals surface area contributed by atoms with Crippen molar-refractivity contribution in [3.05, 3.63) is 58.9 Å². The average molecular weight is 426 g/mol. The Labute approximate surface area is 182 Å². The first-order valence-corrected chi connectivity index (χ1v) is 11.7. The van der Waals surface area contributed by atoms with Crippen molar-refractivity contribution in [2.75, 3.05) is 33.7 Å². The highest BCUT2D eigenvalue weighted by molar-refractivity contribution is 7.15. The number of hydrogen-bond acceptors (Lipinski definition) is 5. The minimum atomic E-state index is -0.00610. The van der Waals surface area contributed by atoms with Crippen molar-refractivity contribution in [2.24, 2.45) is 0 Å². The molecule has 1 atom stereocenters. The second kappa shape index (κ2) is 9.73. The zero-order valence-electron chi connectivity index (χ0n) is 17.9. The van der Waals surface area contributed by atoms with Crippen molar-refractivity contribution in [3.63, 3.8) is 0 Å². The molecule has 7 heteroatoms. The van der Waals surface area contributed by atoms with Crippen LogP contribution in [0.5, 0.6) is 0 Å². The first kappa shape index (κ1) is 21.0. The molecular weight excluding hydrogens is 394 g/mol. The number of rotatable bonds is 8. The van der Waals surface area contributed by atoms with Crippen LogP contribution in [0.3, 0.4) is 0 Å². The molecule has 0 saturated carbocycles. The number of likely N-dealkylation sites (tertiary alicyclic amines) is 1. The Bertz CT molecular complexity index is 967. The van der Waals surface area contributed by atoms with E-state index in [1.165, 1.54) is 31.4 Å². The van der Waals surface area contributed by atoms with Gasteiger partial charge in [0, 0.05) is 44.3 Å². The van der Waals surface area contributed by atoms with Crippen LogP contribution in [-0.2, 0) is 13.0 Å². The van der Waals surface area contributed by atoms with Crippen LogP contribution in [-0.4, -0.2) is 64.9 Å². The third-order valence-electron chi connectivity index (χ3n) is 6.08. The fourth-order valence-electron chi connectivity index (χ4n) is 4.16. The lowest BCUT2D eigenvalue weighted by Gasteiger charge is -2.32. The maximum atomic E-state index is 13.2. The molecule has 1 saturated heterocycles. The molecule has 1 aromatic carbocycles. The summed E-state index contributed by atoms with van der Waals surface area (Å²) < 4.78 is 2.06. The second-order valence-corrected chi connectivity index (χ2v) is 9.06.